The van der Waals surface area contributed by atoms with Crippen LogP contribution in [-0.4, -0.2) is 14.7 Å². The number of aryl methyl sites for hydroxylation is 2. The van der Waals surface area contributed by atoms with Crippen LogP contribution in [0.15, 0.2) is 66.7 Å². The molecule has 0 amide bonds. The Labute approximate surface area is 171 Å². The molecule has 0 heterocycles. The van der Waals surface area contributed by atoms with Crippen LogP contribution < -0.4 is 4.72 Å². The van der Waals surface area contributed by atoms with Crippen molar-refractivity contribution < 1.29 is 8.42 Å². The number of benzene rings is 3. The number of fused-ring (bicyclic) bond motifs is 2. The van der Waals surface area contributed by atoms with Gasteiger partial charge in [0.05, 0.1) is 6.26 Å². The largest absolute Gasteiger partial charge is 0.284 e. The number of rotatable bonds is 4. The maximum Gasteiger partial charge on any atom is 0.229 e. The normalized spacial score (nSPS) is 16.0. The van der Waals surface area contributed by atoms with Crippen LogP contribution in [-0.2, 0) is 29.3 Å². The number of sulfonamides is 1. The van der Waals surface area contributed by atoms with Crippen LogP contribution in [0.1, 0.15) is 33.7 Å². The Balaban J connectivity index is 1.70. The first kappa shape index (κ1) is 19.0. The lowest BCUT2D eigenvalue weighted by molar-refractivity contribution is 0.607. The van der Waals surface area contributed by atoms with Gasteiger partial charge in [0, 0.05) is 16.6 Å². The number of hydrogen-bond donors (Lipinski definition) is 1. The summed E-state index contributed by atoms with van der Waals surface area (Å²) in [6, 6.07) is 22.5. The quantitative estimate of drug-likeness (QED) is 0.642. The number of hydrogen-bond acceptors (Lipinski definition) is 2. The highest BCUT2D eigenvalue weighted by Crippen LogP contribution is 2.37. The van der Waals surface area contributed by atoms with Gasteiger partial charge in [0.25, 0.3) is 0 Å². The van der Waals surface area contributed by atoms with E-state index in [1.54, 1.807) is 0 Å². The zero-order valence-electron chi connectivity index (χ0n) is 15.7. The van der Waals surface area contributed by atoms with E-state index in [1.165, 1.54) is 27.8 Å². The molecule has 0 spiro atoms. The van der Waals surface area contributed by atoms with E-state index >= 15 is 0 Å². The van der Waals surface area contributed by atoms with Gasteiger partial charge in [-0.2, -0.15) is 0 Å². The molecule has 5 heteroatoms. The number of nitrogens with one attached hydrogen (secondary N) is 1. The van der Waals surface area contributed by atoms with Gasteiger partial charge in [-0.1, -0.05) is 54.1 Å². The van der Waals surface area contributed by atoms with E-state index in [-0.39, 0.29) is 5.92 Å². The zero-order chi connectivity index (χ0) is 19.7. The van der Waals surface area contributed by atoms with E-state index in [0.717, 1.165) is 30.5 Å². The molecule has 0 bridgehead atoms. The Morgan fingerprint density at radius 3 is 2.36 bits per heavy atom. The maximum atomic E-state index is 11.4. The molecule has 1 aliphatic carbocycles. The highest BCUT2D eigenvalue weighted by molar-refractivity contribution is 7.92. The SMILES string of the molecule is CS(=O)(=O)Nc1ccc(CC2c3ccccc3CCc3cc(Cl)ccc32)cc1. The summed E-state index contributed by atoms with van der Waals surface area (Å²) in [7, 11) is -3.27. The van der Waals surface area contributed by atoms with Crippen LogP contribution in [0.5, 0.6) is 0 Å². The van der Waals surface area contributed by atoms with Gasteiger partial charge in [0.15, 0.2) is 0 Å². The summed E-state index contributed by atoms with van der Waals surface area (Å²) in [5.41, 5.74) is 7.13. The summed E-state index contributed by atoms with van der Waals surface area (Å²) >= 11 is 6.26. The van der Waals surface area contributed by atoms with Crippen LogP contribution in [0.3, 0.4) is 0 Å². The number of halogens is 1. The minimum Gasteiger partial charge on any atom is -0.284 e. The highest BCUT2D eigenvalue weighted by atomic mass is 35.5. The van der Waals surface area contributed by atoms with Crippen molar-refractivity contribution in [3.63, 3.8) is 0 Å². The fourth-order valence-corrected chi connectivity index (χ4v) is 4.81. The molecule has 28 heavy (non-hydrogen) atoms. The second kappa shape index (κ2) is 7.61. The topological polar surface area (TPSA) is 46.2 Å². The molecule has 3 nitrogen and oxygen atoms in total. The fraction of sp³-hybridized carbons (Fsp3) is 0.217. The molecule has 0 aromatic heterocycles. The van der Waals surface area contributed by atoms with Crippen molar-refractivity contribution in [3.8, 4) is 0 Å². The summed E-state index contributed by atoms with van der Waals surface area (Å²) in [6.07, 6.45) is 4.01. The summed E-state index contributed by atoms with van der Waals surface area (Å²) in [4.78, 5) is 0. The van der Waals surface area contributed by atoms with Crippen molar-refractivity contribution in [1.29, 1.82) is 0 Å². The Kier molecular flexibility index (Phi) is 5.17. The molecule has 0 saturated carbocycles. The van der Waals surface area contributed by atoms with Gasteiger partial charge < -0.3 is 0 Å². The average Bonchev–Trinajstić information content (AvgIpc) is 2.79. The summed E-state index contributed by atoms with van der Waals surface area (Å²) < 4.78 is 25.4. The van der Waals surface area contributed by atoms with Crippen LogP contribution in [0.4, 0.5) is 5.69 Å². The molecular formula is C23H22ClNO2S. The van der Waals surface area contributed by atoms with Crippen molar-refractivity contribution in [2.75, 3.05) is 11.0 Å². The molecule has 1 unspecified atom stereocenters. The minimum atomic E-state index is -3.27. The first-order valence-corrected chi connectivity index (χ1v) is 11.6. The van der Waals surface area contributed by atoms with Crippen molar-refractivity contribution in [3.05, 3.63) is 99.6 Å². The third-order valence-corrected chi connectivity index (χ3v) is 6.11. The lowest BCUT2D eigenvalue weighted by atomic mass is 9.83. The van der Waals surface area contributed by atoms with Gasteiger partial charge in [0.2, 0.25) is 10.0 Å². The third-order valence-electron chi connectivity index (χ3n) is 5.27. The second-order valence-electron chi connectivity index (χ2n) is 7.37. The predicted molar refractivity (Wildman–Crippen MR) is 116 cm³/mol. The van der Waals surface area contributed by atoms with Crippen LogP contribution >= 0.6 is 11.6 Å². The highest BCUT2D eigenvalue weighted by Gasteiger charge is 2.24. The van der Waals surface area contributed by atoms with Crippen molar-refractivity contribution in [2.24, 2.45) is 0 Å². The van der Waals surface area contributed by atoms with E-state index in [0.29, 0.717) is 5.69 Å². The van der Waals surface area contributed by atoms with E-state index < -0.39 is 10.0 Å². The summed E-state index contributed by atoms with van der Waals surface area (Å²) in [5.74, 6) is 0.250. The molecule has 1 atom stereocenters. The first-order chi connectivity index (χ1) is 13.4. The smallest absolute Gasteiger partial charge is 0.229 e. The molecule has 0 aliphatic heterocycles. The first-order valence-electron chi connectivity index (χ1n) is 9.32. The van der Waals surface area contributed by atoms with Gasteiger partial charge in [-0.3, -0.25) is 4.72 Å². The van der Waals surface area contributed by atoms with E-state index in [2.05, 4.69) is 41.1 Å². The predicted octanol–water partition coefficient (Wildman–Crippen LogP) is 5.18. The molecule has 3 aromatic rings. The molecule has 1 aliphatic rings. The molecular weight excluding hydrogens is 390 g/mol. The van der Waals surface area contributed by atoms with Crippen molar-refractivity contribution in [1.82, 2.24) is 0 Å². The van der Waals surface area contributed by atoms with Crippen molar-refractivity contribution in [2.45, 2.75) is 25.2 Å². The van der Waals surface area contributed by atoms with Gasteiger partial charge in [-0.05, 0) is 71.3 Å². The van der Waals surface area contributed by atoms with Crippen LogP contribution in [0, 0.1) is 0 Å². The fourth-order valence-electron chi connectivity index (χ4n) is 4.05. The lowest BCUT2D eigenvalue weighted by Crippen LogP contribution is -2.10. The molecule has 3 aromatic carbocycles. The molecule has 0 saturated heterocycles. The van der Waals surface area contributed by atoms with E-state index in [9.17, 15) is 8.42 Å². The van der Waals surface area contributed by atoms with Gasteiger partial charge in [-0.15, -0.1) is 0 Å². The van der Waals surface area contributed by atoms with E-state index in [1.807, 2.05) is 30.3 Å². The van der Waals surface area contributed by atoms with Gasteiger partial charge in [0.1, 0.15) is 0 Å². The summed E-state index contributed by atoms with van der Waals surface area (Å²) in [6.45, 7) is 0. The standard InChI is InChI=1S/C23H22ClNO2S/c1-28(26,27)25-20-11-6-16(7-12-20)14-23-21-5-3-2-4-17(21)8-9-18-15-19(24)10-13-22(18)23/h2-7,10-13,15,23,25H,8-9,14H2,1H3. The van der Waals surface area contributed by atoms with Gasteiger partial charge in [-0.25, -0.2) is 8.42 Å². The van der Waals surface area contributed by atoms with Gasteiger partial charge >= 0.3 is 0 Å². The van der Waals surface area contributed by atoms with Crippen LogP contribution in [0.25, 0.3) is 0 Å². The Bertz CT molecular complexity index is 1110. The Hall–Kier alpha value is -2.30. The van der Waals surface area contributed by atoms with E-state index in [4.69, 9.17) is 11.6 Å². The maximum absolute atomic E-state index is 11.4. The summed E-state index contributed by atoms with van der Waals surface area (Å²) in [5, 5.41) is 0.777. The number of anilines is 1. The zero-order valence-corrected chi connectivity index (χ0v) is 17.2. The Morgan fingerprint density at radius 2 is 1.61 bits per heavy atom. The molecule has 0 radical (unpaired) electrons. The van der Waals surface area contributed by atoms with Crippen molar-refractivity contribution >= 4 is 27.3 Å². The molecule has 0 fully saturated rings. The molecule has 4 rings (SSSR count). The molecule has 144 valence electrons. The average molecular weight is 412 g/mol. The molecule has 1 N–H and O–H groups in total. The van der Waals surface area contributed by atoms with Crippen LogP contribution in [0.2, 0.25) is 5.02 Å². The monoisotopic (exact) mass is 411 g/mol. The minimum absolute atomic E-state index is 0.250. The Morgan fingerprint density at radius 1 is 0.929 bits per heavy atom. The second-order valence-corrected chi connectivity index (χ2v) is 9.55. The third kappa shape index (κ3) is 4.23. The lowest BCUT2D eigenvalue weighted by Gasteiger charge is -2.21.